The van der Waals surface area contributed by atoms with Crippen molar-refractivity contribution < 1.29 is 28.6 Å². The Kier molecular flexibility index (Phi) is 60.3. The molecule has 0 bridgehead atoms. The molecule has 6 heteroatoms. The first kappa shape index (κ1) is 72.1. The standard InChI is InChI=1S/C70H118O6/c1-4-7-10-13-16-19-22-25-28-29-30-31-32-33-34-35-36-37-38-39-40-41-43-45-48-51-54-57-60-63-69(72)75-66-67(65-74-68(71)62-59-56-53-50-47-44-27-24-21-18-15-12-9-6-3)76-70(73)64-61-58-55-52-49-46-42-26-23-20-17-14-11-8-5-2/h7-8,10-11,16-17,19-20,25-26,28,30-31,33-34,42,49,52,67H,4-6,9,12-15,18,21-24,27,29,32,35-41,43-48,50-51,53-66H2,1-3H3/b10-7-,11-8-,19-16-,20-17-,28-25-,31-30-,34-33-,42-26-,52-49-. The van der Waals surface area contributed by atoms with Gasteiger partial charge >= 0.3 is 17.9 Å². The van der Waals surface area contributed by atoms with Gasteiger partial charge in [0, 0.05) is 19.3 Å². The van der Waals surface area contributed by atoms with Crippen molar-refractivity contribution in [1.82, 2.24) is 0 Å². The largest absolute Gasteiger partial charge is 0.462 e. The van der Waals surface area contributed by atoms with E-state index in [2.05, 4.69) is 130 Å². The van der Waals surface area contributed by atoms with Crippen molar-refractivity contribution >= 4 is 17.9 Å². The van der Waals surface area contributed by atoms with E-state index in [4.69, 9.17) is 14.2 Å². The van der Waals surface area contributed by atoms with Crippen LogP contribution in [0.2, 0.25) is 0 Å². The highest BCUT2D eigenvalue weighted by Gasteiger charge is 2.19. The summed E-state index contributed by atoms with van der Waals surface area (Å²) in [6, 6.07) is 0. The van der Waals surface area contributed by atoms with Crippen LogP contribution in [0, 0.1) is 0 Å². The summed E-state index contributed by atoms with van der Waals surface area (Å²) in [6.45, 7) is 6.40. The molecule has 1 unspecified atom stereocenters. The maximum atomic E-state index is 12.9. The minimum atomic E-state index is -0.800. The highest BCUT2D eigenvalue weighted by Crippen LogP contribution is 2.16. The van der Waals surface area contributed by atoms with Crippen LogP contribution in [-0.2, 0) is 28.6 Å². The van der Waals surface area contributed by atoms with Gasteiger partial charge in [-0.15, -0.1) is 0 Å². The third-order valence-electron chi connectivity index (χ3n) is 13.5. The van der Waals surface area contributed by atoms with Crippen molar-refractivity contribution in [1.29, 1.82) is 0 Å². The molecular formula is C70H118O6. The van der Waals surface area contributed by atoms with Gasteiger partial charge in [0.2, 0.25) is 0 Å². The molecule has 0 N–H and O–H groups in total. The Labute approximate surface area is 470 Å². The molecule has 0 aromatic carbocycles. The van der Waals surface area contributed by atoms with Crippen LogP contribution in [0.1, 0.15) is 297 Å². The van der Waals surface area contributed by atoms with E-state index >= 15 is 0 Å². The second-order valence-electron chi connectivity index (χ2n) is 20.9. The topological polar surface area (TPSA) is 78.9 Å². The van der Waals surface area contributed by atoms with Gasteiger partial charge in [-0.3, -0.25) is 14.4 Å². The fourth-order valence-electron chi connectivity index (χ4n) is 8.81. The van der Waals surface area contributed by atoms with Gasteiger partial charge in [0.05, 0.1) is 0 Å². The zero-order valence-corrected chi connectivity index (χ0v) is 49.7. The number of hydrogen-bond acceptors (Lipinski definition) is 6. The lowest BCUT2D eigenvalue weighted by atomic mass is 10.0. The number of carbonyl (C=O) groups excluding carboxylic acids is 3. The fourth-order valence-corrected chi connectivity index (χ4v) is 8.81. The molecule has 0 aliphatic rings. The predicted octanol–water partition coefficient (Wildman–Crippen LogP) is 21.8. The van der Waals surface area contributed by atoms with Gasteiger partial charge < -0.3 is 14.2 Å². The molecule has 0 spiro atoms. The number of esters is 3. The zero-order valence-electron chi connectivity index (χ0n) is 49.7. The molecule has 0 heterocycles. The summed E-state index contributed by atoms with van der Waals surface area (Å²) < 4.78 is 16.9. The monoisotopic (exact) mass is 1050 g/mol. The lowest BCUT2D eigenvalue weighted by molar-refractivity contribution is -0.167. The van der Waals surface area contributed by atoms with E-state index in [1.165, 1.54) is 141 Å². The molecular weight excluding hydrogens is 937 g/mol. The normalized spacial score (nSPS) is 12.8. The maximum absolute atomic E-state index is 12.9. The van der Waals surface area contributed by atoms with Crippen LogP contribution in [0.4, 0.5) is 0 Å². The third kappa shape index (κ3) is 60.9. The van der Waals surface area contributed by atoms with Crippen LogP contribution in [0.3, 0.4) is 0 Å². The summed E-state index contributed by atoms with van der Waals surface area (Å²) in [7, 11) is 0. The number of allylic oxidation sites excluding steroid dienone is 18. The van der Waals surface area contributed by atoms with E-state index in [1.54, 1.807) is 0 Å². The van der Waals surface area contributed by atoms with E-state index in [0.29, 0.717) is 19.3 Å². The van der Waals surface area contributed by atoms with Crippen LogP contribution < -0.4 is 0 Å². The van der Waals surface area contributed by atoms with E-state index in [1.807, 2.05) is 0 Å². The molecule has 0 radical (unpaired) electrons. The summed E-state index contributed by atoms with van der Waals surface area (Å²) in [5, 5.41) is 0. The van der Waals surface area contributed by atoms with Crippen LogP contribution in [0.5, 0.6) is 0 Å². The number of unbranched alkanes of at least 4 members (excludes halogenated alkanes) is 28. The summed E-state index contributed by atoms with van der Waals surface area (Å²) in [6.07, 6.45) is 86.7. The van der Waals surface area contributed by atoms with Gasteiger partial charge in [-0.1, -0.05) is 284 Å². The Morgan fingerprint density at radius 2 is 0.513 bits per heavy atom. The van der Waals surface area contributed by atoms with Gasteiger partial charge in [-0.25, -0.2) is 0 Å². The van der Waals surface area contributed by atoms with Crippen LogP contribution in [0.25, 0.3) is 0 Å². The molecule has 0 rings (SSSR count). The fraction of sp³-hybridized carbons (Fsp3) is 0.700. The first-order chi connectivity index (χ1) is 37.5. The van der Waals surface area contributed by atoms with Crippen molar-refractivity contribution in [2.75, 3.05) is 13.2 Å². The van der Waals surface area contributed by atoms with Crippen molar-refractivity contribution in [3.63, 3.8) is 0 Å². The molecule has 0 aromatic heterocycles. The number of hydrogen-bond donors (Lipinski definition) is 0. The SMILES string of the molecule is CC/C=C\C/C=C\C/C=C\C/C=C\C/C=C\CCCCCCCCCCCCCCCC(=O)OCC(COC(=O)CCCCCCCCCCCCCCCC)OC(=O)CCCC/C=C\C/C=C\C/C=C\C/C=C\CC. The van der Waals surface area contributed by atoms with E-state index in [9.17, 15) is 14.4 Å². The van der Waals surface area contributed by atoms with Crippen molar-refractivity contribution in [2.24, 2.45) is 0 Å². The molecule has 0 fully saturated rings. The Morgan fingerprint density at radius 1 is 0.276 bits per heavy atom. The van der Waals surface area contributed by atoms with Gasteiger partial charge in [0.1, 0.15) is 13.2 Å². The average Bonchev–Trinajstić information content (AvgIpc) is 3.42. The Morgan fingerprint density at radius 3 is 0.829 bits per heavy atom. The zero-order chi connectivity index (χ0) is 55.0. The first-order valence-electron chi connectivity index (χ1n) is 31.9. The molecule has 0 aliphatic heterocycles. The molecule has 76 heavy (non-hydrogen) atoms. The minimum Gasteiger partial charge on any atom is -0.462 e. The van der Waals surface area contributed by atoms with Gasteiger partial charge in [0.15, 0.2) is 6.10 Å². The molecule has 434 valence electrons. The van der Waals surface area contributed by atoms with Gasteiger partial charge in [0.25, 0.3) is 0 Å². The second kappa shape index (κ2) is 63.6. The highest BCUT2D eigenvalue weighted by molar-refractivity contribution is 5.71. The van der Waals surface area contributed by atoms with E-state index < -0.39 is 6.10 Å². The number of rotatable bonds is 57. The lowest BCUT2D eigenvalue weighted by Gasteiger charge is -2.18. The molecule has 0 saturated carbocycles. The maximum Gasteiger partial charge on any atom is 0.306 e. The Hall–Kier alpha value is -3.93. The van der Waals surface area contributed by atoms with E-state index in [0.717, 1.165) is 109 Å². The van der Waals surface area contributed by atoms with Crippen LogP contribution >= 0.6 is 0 Å². The highest BCUT2D eigenvalue weighted by atomic mass is 16.6. The third-order valence-corrected chi connectivity index (χ3v) is 13.5. The van der Waals surface area contributed by atoms with Gasteiger partial charge in [-0.2, -0.15) is 0 Å². The summed E-state index contributed by atoms with van der Waals surface area (Å²) in [4.78, 5) is 38.2. The molecule has 0 saturated heterocycles. The Balaban J connectivity index is 4.28. The van der Waals surface area contributed by atoms with Crippen molar-refractivity contribution in [3.8, 4) is 0 Å². The van der Waals surface area contributed by atoms with Crippen LogP contribution in [-0.4, -0.2) is 37.2 Å². The second-order valence-corrected chi connectivity index (χ2v) is 20.9. The molecule has 6 nitrogen and oxygen atoms in total. The Bertz CT molecular complexity index is 1540. The smallest absolute Gasteiger partial charge is 0.306 e. The quantitative estimate of drug-likeness (QED) is 0.0261. The predicted molar refractivity (Wildman–Crippen MR) is 330 cm³/mol. The van der Waals surface area contributed by atoms with Crippen LogP contribution in [0.15, 0.2) is 109 Å². The minimum absolute atomic E-state index is 0.0924. The summed E-state index contributed by atoms with van der Waals surface area (Å²) >= 11 is 0. The average molecular weight is 1060 g/mol. The summed E-state index contributed by atoms with van der Waals surface area (Å²) in [5.74, 6) is -0.927. The molecule has 0 amide bonds. The lowest BCUT2D eigenvalue weighted by Crippen LogP contribution is -2.30. The molecule has 0 aliphatic carbocycles. The van der Waals surface area contributed by atoms with Crippen molar-refractivity contribution in [2.45, 2.75) is 303 Å². The van der Waals surface area contributed by atoms with Gasteiger partial charge in [-0.05, 0) is 103 Å². The molecule has 0 aromatic rings. The summed E-state index contributed by atoms with van der Waals surface area (Å²) in [5.41, 5.74) is 0. The number of ether oxygens (including phenoxy) is 3. The molecule has 1 atom stereocenters. The van der Waals surface area contributed by atoms with E-state index in [-0.39, 0.29) is 37.5 Å². The first-order valence-corrected chi connectivity index (χ1v) is 31.9. The number of carbonyl (C=O) groups is 3. The van der Waals surface area contributed by atoms with Crippen molar-refractivity contribution in [3.05, 3.63) is 109 Å².